The van der Waals surface area contributed by atoms with Crippen LogP contribution in [0.1, 0.15) is 13.8 Å². The molecule has 0 aromatic heterocycles. The van der Waals surface area contributed by atoms with Crippen molar-refractivity contribution in [3.8, 4) is 0 Å². The Bertz CT molecular complexity index is 230. The maximum Gasteiger partial charge on any atom is 0.305 e. The van der Waals surface area contributed by atoms with Gasteiger partial charge in [-0.25, -0.2) is 0 Å². The zero-order valence-electron chi connectivity index (χ0n) is 8.01. The fourth-order valence-corrected chi connectivity index (χ4v) is 1.30. The Hall–Kier alpha value is -0.690. The molecule has 0 radical (unpaired) electrons. The van der Waals surface area contributed by atoms with E-state index >= 15 is 0 Å². The predicted octanol–water partition coefficient (Wildman–Crippen LogP) is -1.62. The smallest absolute Gasteiger partial charge is 0.305 e. The van der Waals surface area contributed by atoms with Gasteiger partial charge >= 0.3 is 5.97 Å². The van der Waals surface area contributed by atoms with Crippen molar-refractivity contribution in [3.63, 3.8) is 0 Å². The minimum Gasteiger partial charge on any atom is -0.433 e. The second kappa shape index (κ2) is 3.82. The van der Waals surface area contributed by atoms with Gasteiger partial charge in [0.05, 0.1) is 6.61 Å². The van der Waals surface area contributed by atoms with Gasteiger partial charge in [0.1, 0.15) is 17.8 Å². The van der Waals surface area contributed by atoms with Gasteiger partial charge in [0.2, 0.25) is 6.29 Å². The molecule has 1 aliphatic heterocycles. The van der Waals surface area contributed by atoms with E-state index in [4.69, 9.17) is 9.84 Å². The van der Waals surface area contributed by atoms with Gasteiger partial charge in [0.15, 0.2) is 0 Å². The van der Waals surface area contributed by atoms with Crippen molar-refractivity contribution in [2.45, 2.75) is 37.9 Å². The van der Waals surface area contributed by atoms with Crippen LogP contribution in [0.2, 0.25) is 0 Å². The van der Waals surface area contributed by atoms with Crippen molar-refractivity contribution in [2.24, 2.45) is 0 Å². The van der Waals surface area contributed by atoms with Crippen molar-refractivity contribution in [3.05, 3.63) is 0 Å². The SMILES string of the molecule is CC(=O)OC1O[C@](C)(CO)[C@@H](O)[C@H]1O. The molecule has 1 unspecified atom stereocenters. The second-order valence-corrected chi connectivity index (χ2v) is 3.50. The van der Waals surface area contributed by atoms with E-state index in [0.29, 0.717) is 0 Å². The van der Waals surface area contributed by atoms with Crippen molar-refractivity contribution < 1.29 is 29.6 Å². The molecule has 0 aromatic rings. The Morgan fingerprint density at radius 3 is 2.50 bits per heavy atom. The fraction of sp³-hybridized carbons (Fsp3) is 0.875. The number of aliphatic hydroxyl groups excluding tert-OH is 3. The molecule has 4 atom stereocenters. The average molecular weight is 206 g/mol. The van der Waals surface area contributed by atoms with Gasteiger partial charge in [0, 0.05) is 6.92 Å². The first kappa shape index (κ1) is 11.4. The molecular weight excluding hydrogens is 192 g/mol. The lowest BCUT2D eigenvalue weighted by Gasteiger charge is -2.23. The van der Waals surface area contributed by atoms with E-state index in [9.17, 15) is 15.0 Å². The highest BCUT2D eigenvalue weighted by Gasteiger charge is 2.52. The van der Waals surface area contributed by atoms with E-state index in [1.165, 1.54) is 6.92 Å². The maximum atomic E-state index is 10.6. The van der Waals surface area contributed by atoms with Gasteiger partial charge in [-0.15, -0.1) is 0 Å². The number of carbonyl (C=O) groups is 1. The highest BCUT2D eigenvalue weighted by Crippen LogP contribution is 2.31. The minimum atomic E-state index is -1.34. The normalized spacial score (nSPS) is 42.5. The summed E-state index contributed by atoms with van der Waals surface area (Å²) in [6.07, 6.45) is -3.84. The Kier molecular flexibility index (Phi) is 3.10. The van der Waals surface area contributed by atoms with Gasteiger partial charge in [0.25, 0.3) is 0 Å². The first-order valence-corrected chi connectivity index (χ1v) is 4.23. The summed E-state index contributed by atoms with van der Waals surface area (Å²) in [6.45, 7) is 2.12. The lowest BCUT2D eigenvalue weighted by atomic mass is 9.99. The number of hydrogen-bond acceptors (Lipinski definition) is 6. The number of aliphatic hydroxyl groups is 3. The van der Waals surface area contributed by atoms with Crippen molar-refractivity contribution in [1.82, 2.24) is 0 Å². The third-order valence-corrected chi connectivity index (χ3v) is 2.21. The summed E-state index contributed by atoms with van der Waals surface area (Å²) in [5.74, 6) is -0.622. The van der Waals surface area contributed by atoms with Crippen LogP contribution < -0.4 is 0 Å². The molecule has 1 fully saturated rings. The lowest BCUT2D eigenvalue weighted by Crippen LogP contribution is -2.43. The monoisotopic (exact) mass is 206 g/mol. The third kappa shape index (κ3) is 1.88. The van der Waals surface area contributed by atoms with Gasteiger partial charge in [-0.3, -0.25) is 4.79 Å². The molecule has 1 rings (SSSR count). The van der Waals surface area contributed by atoms with E-state index < -0.39 is 36.7 Å². The molecule has 0 saturated carbocycles. The average Bonchev–Trinajstić information content (AvgIpc) is 2.31. The number of hydrogen-bond donors (Lipinski definition) is 3. The summed E-state index contributed by atoms with van der Waals surface area (Å²) in [7, 11) is 0. The lowest BCUT2D eigenvalue weighted by molar-refractivity contribution is -0.201. The second-order valence-electron chi connectivity index (χ2n) is 3.50. The number of carbonyl (C=O) groups excluding carboxylic acids is 1. The van der Waals surface area contributed by atoms with Gasteiger partial charge in [-0.1, -0.05) is 0 Å². The van der Waals surface area contributed by atoms with E-state index in [1.54, 1.807) is 0 Å². The topological polar surface area (TPSA) is 96.2 Å². The van der Waals surface area contributed by atoms with Crippen molar-refractivity contribution in [2.75, 3.05) is 6.61 Å². The third-order valence-electron chi connectivity index (χ3n) is 2.21. The molecule has 3 N–H and O–H groups in total. The fourth-order valence-electron chi connectivity index (χ4n) is 1.30. The zero-order valence-corrected chi connectivity index (χ0v) is 8.01. The Morgan fingerprint density at radius 2 is 2.14 bits per heavy atom. The number of rotatable bonds is 2. The molecule has 6 nitrogen and oxygen atoms in total. The molecule has 0 spiro atoms. The van der Waals surface area contributed by atoms with Crippen LogP contribution in [0.15, 0.2) is 0 Å². The molecule has 0 bridgehead atoms. The van der Waals surface area contributed by atoms with Crippen molar-refractivity contribution in [1.29, 1.82) is 0 Å². The summed E-state index contributed by atoms with van der Waals surface area (Å²) < 4.78 is 9.65. The van der Waals surface area contributed by atoms with Crippen molar-refractivity contribution >= 4 is 5.97 Å². The Morgan fingerprint density at radius 1 is 1.57 bits per heavy atom. The van der Waals surface area contributed by atoms with Crippen LogP contribution in [0.25, 0.3) is 0 Å². The van der Waals surface area contributed by atoms with Crippen LogP contribution in [0.4, 0.5) is 0 Å². The van der Waals surface area contributed by atoms with Crippen LogP contribution in [0.3, 0.4) is 0 Å². The van der Waals surface area contributed by atoms with E-state index in [2.05, 4.69) is 4.74 Å². The highest BCUT2D eigenvalue weighted by atomic mass is 16.7. The van der Waals surface area contributed by atoms with Crippen LogP contribution in [0.5, 0.6) is 0 Å². The minimum absolute atomic E-state index is 0.469. The molecule has 1 saturated heterocycles. The van der Waals surface area contributed by atoms with E-state index in [-0.39, 0.29) is 0 Å². The molecule has 1 heterocycles. The standard InChI is InChI=1S/C8H14O6/c1-4(10)13-7-5(11)6(12)8(2,3-9)14-7/h5-7,9,11-12H,3H2,1-2H3/t5-,6+,7?,8-/m1/s1. The summed E-state index contributed by atoms with van der Waals surface area (Å²) in [4.78, 5) is 10.6. The quantitative estimate of drug-likeness (QED) is 0.470. The van der Waals surface area contributed by atoms with Gasteiger partial charge in [-0.2, -0.15) is 0 Å². The molecular formula is C8H14O6. The van der Waals surface area contributed by atoms with Crippen LogP contribution >= 0.6 is 0 Å². The molecule has 14 heavy (non-hydrogen) atoms. The Balaban J connectivity index is 2.71. The Labute approximate surface area is 81.1 Å². The molecule has 0 aliphatic carbocycles. The van der Waals surface area contributed by atoms with Crippen LogP contribution in [-0.2, 0) is 14.3 Å². The first-order chi connectivity index (χ1) is 6.40. The first-order valence-electron chi connectivity index (χ1n) is 4.23. The number of ether oxygens (including phenoxy) is 2. The summed E-state index contributed by atoms with van der Waals surface area (Å²) in [6, 6.07) is 0. The maximum absolute atomic E-state index is 10.6. The summed E-state index contributed by atoms with van der Waals surface area (Å²) in [5, 5.41) is 27.8. The molecule has 0 aromatic carbocycles. The summed E-state index contributed by atoms with van der Waals surface area (Å²) >= 11 is 0. The molecule has 1 aliphatic rings. The largest absolute Gasteiger partial charge is 0.433 e. The number of esters is 1. The predicted molar refractivity (Wildman–Crippen MR) is 44.1 cm³/mol. The van der Waals surface area contributed by atoms with E-state index in [1.807, 2.05) is 0 Å². The highest BCUT2D eigenvalue weighted by molar-refractivity contribution is 5.66. The zero-order chi connectivity index (χ0) is 10.9. The van der Waals surface area contributed by atoms with Crippen LogP contribution in [0, 0.1) is 0 Å². The molecule has 0 amide bonds. The molecule has 82 valence electrons. The molecule has 6 heteroatoms. The van der Waals surface area contributed by atoms with Gasteiger partial charge in [-0.05, 0) is 6.92 Å². The summed E-state index contributed by atoms with van der Waals surface area (Å²) in [5.41, 5.74) is -1.29. The van der Waals surface area contributed by atoms with Crippen LogP contribution in [-0.4, -0.2) is 52.0 Å². The van der Waals surface area contributed by atoms with E-state index in [0.717, 1.165) is 6.92 Å². The van der Waals surface area contributed by atoms with Gasteiger partial charge < -0.3 is 24.8 Å².